The number of carbonyl (C=O) groups is 1. The van der Waals surface area contributed by atoms with Crippen molar-refractivity contribution in [2.75, 3.05) is 20.1 Å². The summed E-state index contributed by atoms with van der Waals surface area (Å²) in [7, 11) is 1.93. The van der Waals surface area contributed by atoms with Crippen LogP contribution in [0.25, 0.3) is 5.70 Å². The predicted molar refractivity (Wildman–Crippen MR) is 125 cm³/mol. The standard InChI is InChI=1S/C26H30N3O3/c1-17(2)31-21-10-9-19(15-18(21)3)25(30)29(4)16-28-24-23(29)20-7-5-6-8-22(20)32-26(24)11-13-27-14-12-26/h5-10,15-17,27H,11-14H2,1-4H3/q+1. The average Bonchev–Trinajstić information content (AvgIpc) is 3.15. The molecular formula is C26H30N3O3+. The van der Waals surface area contributed by atoms with Crippen molar-refractivity contribution in [3.8, 4) is 11.5 Å². The highest BCUT2D eigenvalue weighted by Gasteiger charge is 2.54. The minimum atomic E-state index is -0.493. The number of rotatable bonds is 3. The number of quaternary nitrogens is 1. The summed E-state index contributed by atoms with van der Waals surface area (Å²) in [5.74, 6) is 1.62. The molecule has 166 valence electrons. The van der Waals surface area contributed by atoms with E-state index in [1.807, 2.05) is 70.3 Å². The summed E-state index contributed by atoms with van der Waals surface area (Å²) in [5.41, 5.74) is 3.86. The third-order valence-corrected chi connectivity index (χ3v) is 6.60. The largest absolute Gasteiger partial charge is 0.491 e. The van der Waals surface area contributed by atoms with Crippen molar-refractivity contribution in [2.24, 2.45) is 4.99 Å². The Balaban J connectivity index is 1.60. The summed E-state index contributed by atoms with van der Waals surface area (Å²) in [4.78, 5) is 18.8. The van der Waals surface area contributed by atoms with Gasteiger partial charge in [-0.1, -0.05) is 12.1 Å². The van der Waals surface area contributed by atoms with E-state index in [0.717, 1.165) is 60.0 Å². The molecule has 0 bridgehead atoms. The van der Waals surface area contributed by atoms with Crippen molar-refractivity contribution < 1.29 is 18.8 Å². The molecule has 6 heteroatoms. The van der Waals surface area contributed by atoms with Crippen LogP contribution in [0, 0.1) is 6.92 Å². The molecule has 0 saturated carbocycles. The number of ether oxygens (including phenoxy) is 2. The molecule has 1 amide bonds. The number of carbonyl (C=O) groups excluding carboxylic acids is 1. The highest BCUT2D eigenvalue weighted by atomic mass is 16.5. The van der Waals surface area contributed by atoms with E-state index in [2.05, 4.69) is 5.32 Å². The minimum absolute atomic E-state index is 0.00525. The first kappa shape index (κ1) is 20.9. The topological polar surface area (TPSA) is 59.9 Å². The Bertz CT molecular complexity index is 1140. The Morgan fingerprint density at radius 3 is 2.66 bits per heavy atom. The molecule has 1 atom stereocenters. The van der Waals surface area contributed by atoms with Crippen molar-refractivity contribution in [1.29, 1.82) is 0 Å². The molecule has 5 rings (SSSR count). The van der Waals surface area contributed by atoms with E-state index in [1.165, 1.54) is 0 Å². The highest BCUT2D eigenvalue weighted by Crippen LogP contribution is 2.50. The van der Waals surface area contributed by atoms with E-state index in [-0.39, 0.29) is 16.5 Å². The normalized spacial score (nSPS) is 23.2. The van der Waals surface area contributed by atoms with Crippen molar-refractivity contribution >= 4 is 17.9 Å². The molecule has 2 aromatic carbocycles. The highest BCUT2D eigenvalue weighted by molar-refractivity contribution is 6.00. The summed E-state index contributed by atoms with van der Waals surface area (Å²) in [5, 5.41) is 3.42. The van der Waals surface area contributed by atoms with Gasteiger partial charge in [-0.05, 0) is 69.8 Å². The number of nitrogens with zero attached hydrogens (tertiary/aromatic N) is 2. The fraction of sp³-hybridized carbons (Fsp3) is 0.385. The second-order valence-electron chi connectivity index (χ2n) is 9.31. The lowest BCUT2D eigenvalue weighted by molar-refractivity contribution is -0.641. The Hall–Kier alpha value is -2.96. The first-order valence-corrected chi connectivity index (χ1v) is 11.3. The van der Waals surface area contributed by atoms with Gasteiger partial charge < -0.3 is 14.8 Å². The van der Waals surface area contributed by atoms with Crippen LogP contribution < -0.4 is 14.8 Å². The number of para-hydroxylation sites is 1. The van der Waals surface area contributed by atoms with Crippen molar-refractivity contribution in [2.45, 2.75) is 45.3 Å². The fourth-order valence-corrected chi connectivity index (χ4v) is 4.99. The summed E-state index contributed by atoms with van der Waals surface area (Å²) >= 11 is 0. The number of fused-ring (bicyclic) bond motifs is 3. The van der Waals surface area contributed by atoms with Crippen LogP contribution >= 0.6 is 0 Å². The molecule has 3 heterocycles. The van der Waals surface area contributed by atoms with Gasteiger partial charge >= 0.3 is 5.91 Å². The Morgan fingerprint density at radius 1 is 1.19 bits per heavy atom. The maximum absolute atomic E-state index is 13.9. The van der Waals surface area contributed by atoms with Crippen LogP contribution in [0.1, 0.15) is 48.2 Å². The number of piperidine rings is 1. The van der Waals surface area contributed by atoms with Crippen LogP contribution in [0.4, 0.5) is 0 Å². The van der Waals surface area contributed by atoms with Gasteiger partial charge in [-0.2, -0.15) is 9.48 Å². The van der Waals surface area contributed by atoms with Gasteiger partial charge in [0.15, 0.2) is 17.0 Å². The zero-order valence-electron chi connectivity index (χ0n) is 19.1. The zero-order valence-corrected chi connectivity index (χ0v) is 19.1. The number of amides is 1. The number of aryl methyl sites for hydroxylation is 1. The minimum Gasteiger partial charge on any atom is -0.491 e. The number of aliphatic imine (C=N–C) groups is 1. The molecule has 0 radical (unpaired) electrons. The summed E-state index contributed by atoms with van der Waals surface area (Å²) in [6.45, 7) is 7.70. The van der Waals surface area contributed by atoms with E-state index < -0.39 is 5.60 Å². The van der Waals surface area contributed by atoms with Crippen molar-refractivity contribution in [3.05, 3.63) is 64.9 Å². The molecule has 3 aliphatic rings. The van der Waals surface area contributed by atoms with E-state index in [1.54, 1.807) is 6.34 Å². The third-order valence-electron chi connectivity index (χ3n) is 6.60. The smallest absolute Gasteiger partial charge is 0.356 e. The van der Waals surface area contributed by atoms with Crippen LogP contribution in [0.5, 0.6) is 11.5 Å². The Morgan fingerprint density at radius 2 is 1.94 bits per heavy atom. The molecule has 0 aliphatic carbocycles. The van der Waals surface area contributed by atoms with Gasteiger partial charge in [-0.15, -0.1) is 0 Å². The second kappa shape index (κ2) is 7.57. The van der Waals surface area contributed by atoms with Gasteiger partial charge in [0.1, 0.15) is 11.5 Å². The maximum atomic E-state index is 13.9. The van der Waals surface area contributed by atoms with E-state index >= 15 is 0 Å². The maximum Gasteiger partial charge on any atom is 0.356 e. The SMILES string of the molecule is Cc1cc(C(=O)[N+]2(C)C=NC3=C2c2ccccc2OC32CCNCC2)ccc1OC(C)C. The molecular weight excluding hydrogens is 402 g/mol. The van der Waals surface area contributed by atoms with Crippen LogP contribution in [0.2, 0.25) is 0 Å². The molecule has 1 spiro atoms. The molecule has 1 saturated heterocycles. The fourth-order valence-electron chi connectivity index (χ4n) is 4.99. The number of hydrogen-bond acceptors (Lipinski definition) is 5. The van der Waals surface area contributed by atoms with E-state index in [4.69, 9.17) is 14.5 Å². The van der Waals surface area contributed by atoms with Gasteiger partial charge in [-0.3, -0.25) is 0 Å². The number of nitrogens with one attached hydrogen (secondary N) is 1. The first-order chi connectivity index (χ1) is 15.3. The average molecular weight is 433 g/mol. The monoisotopic (exact) mass is 432 g/mol. The summed E-state index contributed by atoms with van der Waals surface area (Å²) in [6.07, 6.45) is 3.51. The van der Waals surface area contributed by atoms with Crippen molar-refractivity contribution in [3.63, 3.8) is 0 Å². The van der Waals surface area contributed by atoms with Gasteiger partial charge in [-0.25, -0.2) is 4.79 Å². The van der Waals surface area contributed by atoms with Gasteiger partial charge in [0.25, 0.3) is 0 Å². The van der Waals surface area contributed by atoms with Crippen molar-refractivity contribution in [1.82, 2.24) is 5.32 Å². The van der Waals surface area contributed by atoms with E-state index in [0.29, 0.717) is 5.56 Å². The molecule has 1 N–H and O–H groups in total. The molecule has 1 unspecified atom stereocenters. The Kier molecular flexibility index (Phi) is 4.95. The van der Waals surface area contributed by atoms with Crippen LogP contribution in [-0.4, -0.2) is 48.6 Å². The van der Waals surface area contributed by atoms with Gasteiger partial charge in [0.05, 0.1) is 24.3 Å². The third kappa shape index (κ3) is 3.17. The molecule has 1 fully saturated rings. The van der Waals surface area contributed by atoms with Gasteiger partial charge in [0.2, 0.25) is 6.34 Å². The summed E-state index contributed by atoms with van der Waals surface area (Å²) in [6, 6.07) is 13.7. The zero-order chi connectivity index (χ0) is 22.5. The predicted octanol–water partition coefficient (Wildman–Crippen LogP) is 4.29. The molecule has 2 aromatic rings. The second-order valence-corrected chi connectivity index (χ2v) is 9.31. The number of hydrogen-bond donors (Lipinski definition) is 1. The first-order valence-electron chi connectivity index (χ1n) is 11.3. The van der Waals surface area contributed by atoms with Gasteiger partial charge in [0, 0.05) is 12.8 Å². The van der Waals surface area contributed by atoms with E-state index in [9.17, 15) is 4.79 Å². The Labute approximate surface area is 189 Å². The lowest BCUT2D eigenvalue weighted by Gasteiger charge is -2.41. The molecule has 6 nitrogen and oxygen atoms in total. The number of benzene rings is 2. The van der Waals surface area contributed by atoms with Crippen LogP contribution in [-0.2, 0) is 0 Å². The lowest BCUT2D eigenvalue weighted by atomic mass is 9.84. The molecule has 3 aliphatic heterocycles. The lowest BCUT2D eigenvalue weighted by Crippen LogP contribution is -2.51. The molecule has 0 aromatic heterocycles. The van der Waals surface area contributed by atoms with Crippen LogP contribution in [0.15, 0.2) is 53.2 Å². The quantitative estimate of drug-likeness (QED) is 0.735. The molecule has 32 heavy (non-hydrogen) atoms. The summed E-state index contributed by atoms with van der Waals surface area (Å²) < 4.78 is 12.4. The van der Waals surface area contributed by atoms with Crippen LogP contribution in [0.3, 0.4) is 0 Å².